The fourth-order valence-corrected chi connectivity index (χ4v) is 1.41. The van der Waals surface area contributed by atoms with E-state index in [9.17, 15) is 14.4 Å². The van der Waals surface area contributed by atoms with Gasteiger partial charge in [0, 0.05) is 13.5 Å². The van der Waals surface area contributed by atoms with Crippen molar-refractivity contribution >= 4 is 17.9 Å². The number of rotatable bonds is 7. The van der Waals surface area contributed by atoms with Gasteiger partial charge in [-0.3, -0.25) is 9.89 Å². The van der Waals surface area contributed by atoms with Crippen LogP contribution in [0.4, 0.5) is 4.79 Å². The summed E-state index contributed by atoms with van der Waals surface area (Å²) in [6.07, 6.45) is 1.11. The molecule has 20 heavy (non-hydrogen) atoms. The van der Waals surface area contributed by atoms with Crippen molar-refractivity contribution in [3.63, 3.8) is 0 Å². The molecule has 0 radical (unpaired) electrons. The number of hydrogen-bond donors (Lipinski definition) is 4. The number of carboxylic acids is 1. The van der Waals surface area contributed by atoms with E-state index in [1.54, 1.807) is 0 Å². The van der Waals surface area contributed by atoms with E-state index < -0.39 is 23.9 Å². The summed E-state index contributed by atoms with van der Waals surface area (Å²) in [5.41, 5.74) is 4.95. The zero-order valence-corrected chi connectivity index (χ0v) is 10.9. The summed E-state index contributed by atoms with van der Waals surface area (Å²) < 4.78 is 0. The lowest BCUT2D eigenvalue weighted by atomic mass is 10.1. The number of urea groups is 1. The fourth-order valence-electron chi connectivity index (χ4n) is 1.41. The van der Waals surface area contributed by atoms with Crippen molar-refractivity contribution < 1.29 is 19.5 Å². The topological polar surface area (TPSA) is 154 Å². The lowest BCUT2D eigenvalue weighted by Gasteiger charge is -2.20. The van der Waals surface area contributed by atoms with Gasteiger partial charge in [0.25, 0.3) is 0 Å². The third-order valence-corrected chi connectivity index (χ3v) is 2.47. The van der Waals surface area contributed by atoms with Crippen molar-refractivity contribution in [2.45, 2.75) is 25.4 Å². The number of carboxylic acid groups (broad SMARTS) is 1. The normalized spacial score (nSPS) is 11.7. The predicted octanol–water partition coefficient (Wildman–Crippen LogP) is -1.34. The molecule has 5 N–H and O–H groups in total. The molecule has 1 rings (SSSR count). The molecule has 1 heterocycles. The first kappa shape index (κ1) is 15.4. The van der Waals surface area contributed by atoms with Crippen molar-refractivity contribution in [2.24, 2.45) is 5.73 Å². The first-order valence-electron chi connectivity index (χ1n) is 5.77. The van der Waals surface area contributed by atoms with E-state index in [0.717, 1.165) is 0 Å². The molecule has 10 nitrogen and oxygen atoms in total. The maximum atomic E-state index is 11.8. The van der Waals surface area contributed by atoms with Crippen LogP contribution in [0.3, 0.4) is 0 Å². The Hall–Kier alpha value is -2.65. The van der Waals surface area contributed by atoms with Gasteiger partial charge in [-0.05, 0) is 6.42 Å². The van der Waals surface area contributed by atoms with Gasteiger partial charge >= 0.3 is 12.0 Å². The number of aliphatic carboxylic acids is 1. The highest BCUT2D eigenvalue weighted by molar-refractivity contribution is 5.83. The molecule has 0 spiro atoms. The second kappa shape index (κ2) is 7.07. The molecular formula is C10H16N6O4. The molecule has 110 valence electrons. The monoisotopic (exact) mass is 284 g/mol. The van der Waals surface area contributed by atoms with Crippen LogP contribution in [-0.4, -0.2) is 56.2 Å². The number of H-pyrrole nitrogens is 1. The van der Waals surface area contributed by atoms with Crippen molar-refractivity contribution in [1.82, 2.24) is 25.4 Å². The number of aromatic nitrogens is 3. The van der Waals surface area contributed by atoms with Crippen LogP contribution in [0.5, 0.6) is 0 Å². The van der Waals surface area contributed by atoms with E-state index in [0.29, 0.717) is 5.82 Å². The Morgan fingerprint density at radius 3 is 2.75 bits per heavy atom. The minimum absolute atomic E-state index is 0.0629. The second-order valence-corrected chi connectivity index (χ2v) is 4.13. The molecule has 1 atom stereocenters. The molecular weight excluding hydrogens is 268 g/mol. The maximum absolute atomic E-state index is 11.8. The summed E-state index contributed by atoms with van der Waals surface area (Å²) in [6, 6.07) is -1.77. The van der Waals surface area contributed by atoms with Crippen molar-refractivity contribution in [1.29, 1.82) is 0 Å². The Kier molecular flexibility index (Phi) is 5.44. The average Bonchev–Trinajstić information content (AvgIpc) is 2.86. The highest BCUT2D eigenvalue weighted by Gasteiger charge is 2.22. The van der Waals surface area contributed by atoms with E-state index >= 15 is 0 Å². The van der Waals surface area contributed by atoms with Crippen LogP contribution in [0.2, 0.25) is 0 Å². The summed E-state index contributed by atoms with van der Waals surface area (Å²) in [5.74, 6) is -1.39. The summed E-state index contributed by atoms with van der Waals surface area (Å²) in [6.45, 7) is 0.147. The Bertz CT molecular complexity index is 474. The zero-order chi connectivity index (χ0) is 15.1. The van der Waals surface area contributed by atoms with Crippen LogP contribution in [0.15, 0.2) is 6.33 Å². The molecule has 0 aliphatic rings. The molecule has 1 aromatic heterocycles. The summed E-state index contributed by atoms with van der Waals surface area (Å²) >= 11 is 0. The minimum Gasteiger partial charge on any atom is -0.480 e. The number of primary amides is 1. The number of carbonyl (C=O) groups is 3. The van der Waals surface area contributed by atoms with Crippen LogP contribution in [0.1, 0.15) is 18.7 Å². The predicted molar refractivity (Wildman–Crippen MR) is 66.2 cm³/mol. The van der Waals surface area contributed by atoms with Gasteiger partial charge in [-0.15, -0.1) is 0 Å². The van der Waals surface area contributed by atoms with Gasteiger partial charge in [-0.2, -0.15) is 5.10 Å². The molecule has 0 aromatic carbocycles. The zero-order valence-electron chi connectivity index (χ0n) is 10.9. The quantitative estimate of drug-likeness (QED) is 0.486. The average molecular weight is 284 g/mol. The van der Waals surface area contributed by atoms with Gasteiger partial charge in [0.2, 0.25) is 5.91 Å². The van der Waals surface area contributed by atoms with E-state index in [1.165, 1.54) is 18.3 Å². The largest absolute Gasteiger partial charge is 0.480 e. The SMILES string of the molecule is CN(Cc1ncn[nH]1)C(=O)NC(CCC(N)=O)C(=O)O. The number of aromatic amines is 1. The van der Waals surface area contributed by atoms with Crippen LogP contribution < -0.4 is 11.1 Å². The van der Waals surface area contributed by atoms with Crippen molar-refractivity contribution in [3.8, 4) is 0 Å². The van der Waals surface area contributed by atoms with E-state index in [2.05, 4.69) is 20.5 Å². The van der Waals surface area contributed by atoms with Gasteiger partial charge < -0.3 is 21.1 Å². The number of nitrogens with one attached hydrogen (secondary N) is 2. The first-order chi connectivity index (χ1) is 9.40. The van der Waals surface area contributed by atoms with Crippen molar-refractivity contribution in [3.05, 3.63) is 12.2 Å². The molecule has 0 fully saturated rings. The van der Waals surface area contributed by atoms with Crippen LogP contribution in [0.25, 0.3) is 0 Å². The van der Waals surface area contributed by atoms with Gasteiger partial charge in [0.15, 0.2) is 0 Å². The molecule has 0 saturated heterocycles. The Morgan fingerprint density at radius 2 is 2.25 bits per heavy atom. The van der Waals surface area contributed by atoms with E-state index in [1.807, 2.05) is 0 Å². The molecule has 3 amide bonds. The number of amides is 3. The minimum atomic E-state index is -1.23. The smallest absolute Gasteiger partial charge is 0.326 e. The van der Waals surface area contributed by atoms with Crippen LogP contribution in [0, 0.1) is 0 Å². The highest BCUT2D eigenvalue weighted by Crippen LogP contribution is 2.00. The number of carbonyl (C=O) groups excluding carboxylic acids is 2. The standard InChI is InChI=1S/C10H16N6O4/c1-16(4-8-12-5-13-15-8)10(20)14-6(9(18)19)2-3-7(11)17/h5-6H,2-4H2,1H3,(H2,11,17)(H,14,20)(H,18,19)(H,12,13,15). The van der Waals surface area contributed by atoms with Gasteiger partial charge in [0.05, 0.1) is 6.54 Å². The molecule has 0 aliphatic carbocycles. The number of nitrogens with two attached hydrogens (primary N) is 1. The lowest BCUT2D eigenvalue weighted by Crippen LogP contribution is -2.46. The van der Waals surface area contributed by atoms with Crippen LogP contribution >= 0.6 is 0 Å². The summed E-state index contributed by atoms with van der Waals surface area (Å²) in [5, 5.41) is 17.5. The molecule has 0 aliphatic heterocycles. The lowest BCUT2D eigenvalue weighted by molar-refractivity contribution is -0.139. The summed E-state index contributed by atoms with van der Waals surface area (Å²) in [7, 11) is 1.48. The van der Waals surface area contributed by atoms with E-state index in [-0.39, 0.29) is 19.4 Å². The summed E-state index contributed by atoms with van der Waals surface area (Å²) in [4.78, 5) is 38.5. The molecule has 1 aromatic rings. The molecule has 0 bridgehead atoms. The Morgan fingerprint density at radius 1 is 1.55 bits per heavy atom. The number of nitrogens with zero attached hydrogens (tertiary/aromatic N) is 3. The second-order valence-electron chi connectivity index (χ2n) is 4.13. The molecule has 1 unspecified atom stereocenters. The van der Waals surface area contributed by atoms with Gasteiger partial charge in [0.1, 0.15) is 18.2 Å². The third kappa shape index (κ3) is 4.92. The third-order valence-electron chi connectivity index (χ3n) is 2.47. The Balaban J connectivity index is 2.52. The fraction of sp³-hybridized carbons (Fsp3) is 0.500. The van der Waals surface area contributed by atoms with Crippen LogP contribution in [-0.2, 0) is 16.1 Å². The van der Waals surface area contributed by atoms with E-state index in [4.69, 9.17) is 10.8 Å². The Labute approximate surface area is 114 Å². The highest BCUT2D eigenvalue weighted by atomic mass is 16.4. The van der Waals surface area contributed by atoms with Crippen molar-refractivity contribution in [2.75, 3.05) is 7.05 Å². The molecule has 10 heteroatoms. The number of hydrogen-bond acceptors (Lipinski definition) is 5. The molecule has 0 saturated carbocycles. The van der Waals surface area contributed by atoms with Gasteiger partial charge in [-0.1, -0.05) is 0 Å². The van der Waals surface area contributed by atoms with Gasteiger partial charge in [-0.25, -0.2) is 14.6 Å². The maximum Gasteiger partial charge on any atom is 0.326 e. The first-order valence-corrected chi connectivity index (χ1v) is 5.77.